The van der Waals surface area contributed by atoms with Gasteiger partial charge in [-0.1, -0.05) is 29.8 Å². The number of nitrogens with zero attached hydrogens (tertiary/aromatic N) is 1. The lowest BCUT2D eigenvalue weighted by molar-refractivity contribution is 1.01. The Balaban J connectivity index is 1.75. The van der Waals surface area contributed by atoms with Crippen LogP contribution in [0, 0.1) is 6.92 Å². The highest BCUT2D eigenvalue weighted by atomic mass is 32.1. The summed E-state index contributed by atoms with van der Waals surface area (Å²) in [6.45, 7) is 2.12. The average Bonchev–Trinajstić information content (AvgIpc) is 3.04. The van der Waals surface area contributed by atoms with Gasteiger partial charge in [-0.25, -0.2) is 4.98 Å². The molecule has 0 N–H and O–H groups in total. The number of thiazole rings is 1. The second-order valence-electron chi connectivity index (χ2n) is 4.60. The van der Waals surface area contributed by atoms with E-state index >= 15 is 0 Å². The summed E-state index contributed by atoms with van der Waals surface area (Å²) in [5, 5.41) is 3.49. The van der Waals surface area contributed by atoms with Crippen LogP contribution in [-0.4, -0.2) is 4.98 Å². The summed E-state index contributed by atoms with van der Waals surface area (Å²) in [6, 6.07) is 8.75. The molecule has 1 aliphatic carbocycles. The molecule has 0 atom stereocenters. The van der Waals surface area contributed by atoms with Crippen molar-refractivity contribution in [1.29, 1.82) is 0 Å². The second-order valence-corrected chi connectivity index (χ2v) is 5.55. The van der Waals surface area contributed by atoms with Crippen molar-refractivity contribution < 1.29 is 0 Å². The average molecular weight is 229 g/mol. The van der Waals surface area contributed by atoms with E-state index in [-0.39, 0.29) is 0 Å². The molecule has 2 aromatic rings. The molecule has 1 aromatic carbocycles. The van der Waals surface area contributed by atoms with E-state index in [9.17, 15) is 0 Å². The zero-order chi connectivity index (χ0) is 11.0. The first-order chi connectivity index (χ1) is 7.81. The summed E-state index contributed by atoms with van der Waals surface area (Å²) < 4.78 is 0. The Bertz CT molecular complexity index is 480. The Labute approximate surface area is 100 Å². The minimum Gasteiger partial charge on any atom is -0.246 e. The third-order valence-electron chi connectivity index (χ3n) is 3.04. The van der Waals surface area contributed by atoms with Crippen LogP contribution in [-0.2, 0) is 6.42 Å². The van der Waals surface area contributed by atoms with E-state index in [0.29, 0.717) is 0 Å². The fourth-order valence-electron chi connectivity index (χ4n) is 1.85. The van der Waals surface area contributed by atoms with Crippen molar-refractivity contribution >= 4 is 11.3 Å². The Hall–Kier alpha value is -1.15. The number of hydrogen-bond acceptors (Lipinski definition) is 2. The normalized spacial score (nSPS) is 15.3. The molecule has 0 amide bonds. The summed E-state index contributed by atoms with van der Waals surface area (Å²) in [4.78, 5) is 4.71. The maximum absolute atomic E-state index is 4.71. The van der Waals surface area contributed by atoms with E-state index in [2.05, 4.69) is 36.6 Å². The van der Waals surface area contributed by atoms with Crippen molar-refractivity contribution in [3.8, 4) is 0 Å². The molecular weight excluding hydrogens is 214 g/mol. The summed E-state index contributed by atoms with van der Waals surface area (Å²) in [7, 11) is 0. The van der Waals surface area contributed by atoms with Crippen molar-refractivity contribution in [3.05, 3.63) is 51.5 Å². The number of rotatable bonds is 3. The number of aromatic nitrogens is 1. The Morgan fingerprint density at radius 1 is 1.25 bits per heavy atom. The van der Waals surface area contributed by atoms with Crippen LogP contribution in [0.5, 0.6) is 0 Å². The van der Waals surface area contributed by atoms with Gasteiger partial charge in [0.25, 0.3) is 0 Å². The van der Waals surface area contributed by atoms with Gasteiger partial charge in [0.15, 0.2) is 0 Å². The molecule has 1 fully saturated rings. The second kappa shape index (κ2) is 4.02. The van der Waals surface area contributed by atoms with Crippen molar-refractivity contribution in [2.24, 2.45) is 0 Å². The van der Waals surface area contributed by atoms with E-state index in [1.165, 1.54) is 34.7 Å². The fraction of sp³-hybridized carbons (Fsp3) is 0.357. The van der Waals surface area contributed by atoms with Gasteiger partial charge in [0, 0.05) is 17.7 Å². The molecule has 16 heavy (non-hydrogen) atoms. The first kappa shape index (κ1) is 10.0. The molecule has 0 spiro atoms. The van der Waals surface area contributed by atoms with Crippen LogP contribution in [0.4, 0.5) is 0 Å². The smallest absolute Gasteiger partial charge is 0.0972 e. The van der Waals surface area contributed by atoms with Crippen LogP contribution in [0.25, 0.3) is 0 Å². The highest BCUT2D eigenvalue weighted by Gasteiger charge is 2.25. The molecule has 2 heteroatoms. The predicted molar refractivity (Wildman–Crippen MR) is 68.1 cm³/mol. The van der Waals surface area contributed by atoms with Crippen LogP contribution < -0.4 is 0 Å². The van der Waals surface area contributed by atoms with Crippen LogP contribution in [0.2, 0.25) is 0 Å². The molecule has 1 nitrogen and oxygen atoms in total. The van der Waals surface area contributed by atoms with Crippen LogP contribution >= 0.6 is 11.3 Å². The first-order valence-corrected chi connectivity index (χ1v) is 6.69. The third kappa shape index (κ3) is 2.17. The molecular formula is C14H15NS. The largest absolute Gasteiger partial charge is 0.246 e. The van der Waals surface area contributed by atoms with Crippen LogP contribution in [0.3, 0.4) is 0 Å². The van der Waals surface area contributed by atoms with Gasteiger partial charge in [-0.3, -0.25) is 0 Å². The van der Waals surface area contributed by atoms with Gasteiger partial charge >= 0.3 is 0 Å². The Morgan fingerprint density at radius 2 is 2.00 bits per heavy atom. The summed E-state index contributed by atoms with van der Waals surface area (Å²) in [6.07, 6.45) is 3.67. The summed E-state index contributed by atoms with van der Waals surface area (Å²) in [5.41, 5.74) is 4.01. The minimum absolute atomic E-state index is 0.781. The molecule has 1 heterocycles. The summed E-state index contributed by atoms with van der Waals surface area (Å²) in [5.74, 6) is 0.781. The SMILES string of the molecule is Cc1ccc(Cc2nc(C3CC3)cs2)cc1. The van der Waals surface area contributed by atoms with E-state index < -0.39 is 0 Å². The summed E-state index contributed by atoms with van der Waals surface area (Å²) >= 11 is 1.81. The number of aryl methyl sites for hydroxylation is 1. The van der Waals surface area contributed by atoms with Crippen molar-refractivity contribution in [2.75, 3.05) is 0 Å². The quantitative estimate of drug-likeness (QED) is 0.777. The van der Waals surface area contributed by atoms with E-state index in [1.54, 1.807) is 11.3 Å². The van der Waals surface area contributed by atoms with E-state index in [1.807, 2.05) is 0 Å². The van der Waals surface area contributed by atoms with Gasteiger partial charge in [0.2, 0.25) is 0 Å². The zero-order valence-corrected chi connectivity index (χ0v) is 10.3. The standard InChI is InChI=1S/C14H15NS/c1-10-2-4-11(5-3-10)8-14-15-13(9-16-14)12-6-7-12/h2-5,9,12H,6-8H2,1H3. The number of benzene rings is 1. The molecule has 1 saturated carbocycles. The lowest BCUT2D eigenvalue weighted by Gasteiger charge is -1.98. The molecule has 0 aliphatic heterocycles. The minimum atomic E-state index is 0.781. The molecule has 1 aromatic heterocycles. The van der Waals surface area contributed by atoms with Gasteiger partial charge in [-0.15, -0.1) is 11.3 Å². The lowest BCUT2D eigenvalue weighted by Crippen LogP contribution is -1.88. The topological polar surface area (TPSA) is 12.9 Å². The van der Waals surface area contributed by atoms with Gasteiger partial charge in [0.1, 0.15) is 0 Å². The van der Waals surface area contributed by atoms with Crippen LogP contribution in [0.15, 0.2) is 29.6 Å². The van der Waals surface area contributed by atoms with E-state index in [0.717, 1.165) is 12.3 Å². The Morgan fingerprint density at radius 3 is 2.69 bits per heavy atom. The lowest BCUT2D eigenvalue weighted by atomic mass is 10.1. The third-order valence-corrected chi connectivity index (χ3v) is 3.91. The monoisotopic (exact) mass is 229 g/mol. The van der Waals surface area contributed by atoms with Gasteiger partial charge in [-0.05, 0) is 25.3 Å². The molecule has 1 aliphatic rings. The molecule has 0 radical (unpaired) electrons. The maximum Gasteiger partial charge on any atom is 0.0972 e. The van der Waals surface area contributed by atoms with Crippen LogP contribution in [0.1, 0.15) is 40.6 Å². The molecule has 0 saturated heterocycles. The van der Waals surface area contributed by atoms with E-state index in [4.69, 9.17) is 4.98 Å². The molecule has 0 unspecified atom stereocenters. The highest BCUT2D eigenvalue weighted by molar-refractivity contribution is 7.09. The number of hydrogen-bond donors (Lipinski definition) is 0. The first-order valence-electron chi connectivity index (χ1n) is 5.81. The van der Waals surface area contributed by atoms with Crippen molar-refractivity contribution in [2.45, 2.75) is 32.1 Å². The van der Waals surface area contributed by atoms with Crippen molar-refractivity contribution in [3.63, 3.8) is 0 Å². The van der Waals surface area contributed by atoms with Crippen molar-refractivity contribution in [1.82, 2.24) is 4.98 Å². The van der Waals surface area contributed by atoms with Gasteiger partial charge < -0.3 is 0 Å². The highest BCUT2D eigenvalue weighted by Crippen LogP contribution is 2.40. The molecule has 3 rings (SSSR count). The zero-order valence-electron chi connectivity index (χ0n) is 9.44. The molecule has 0 bridgehead atoms. The predicted octanol–water partition coefficient (Wildman–Crippen LogP) is 3.92. The molecule has 82 valence electrons. The Kier molecular flexibility index (Phi) is 2.52. The van der Waals surface area contributed by atoms with Gasteiger partial charge in [0.05, 0.1) is 10.7 Å². The fourth-order valence-corrected chi connectivity index (χ4v) is 2.76. The van der Waals surface area contributed by atoms with Gasteiger partial charge in [-0.2, -0.15) is 0 Å². The maximum atomic E-state index is 4.71.